The predicted molar refractivity (Wildman–Crippen MR) is 175 cm³/mol. The monoisotopic (exact) mass is 541 g/mol. The predicted octanol–water partition coefficient (Wildman–Crippen LogP) is 9.66. The van der Waals surface area contributed by atoms with Crippen molar-refractivity contribution in [2.24, 2.45) is 0 Å². The molecule has 0 N–H and O–H groups in total. The Morgan fingerprint density at radius 3 is 2.36 bits per heavy atom. The van der Waals surface area contributed by atoms with Gasteiger partial charge >= 0.3 is 0 Å². The van der Waals surface area contributed by atoms with E-state index in [-0.39, 0.29) is 5.92 Å². The Morgan fingerprint density at radius 2 is 1.48 bits per heavy atom. The summed E-state index contributed by atoms with van der Waals surface area (Å²) in [7, 11) is 0. The molecule has 0 spiro atoms. The lowest BCUT2D eigenvalue weighted by atomic mass is 9.85. The third kappa shape index (κ3) is 4.42. The Kier molecular flexibility index (Phi) is 6.22. The van der Waals surface area contributed by atoms with Crippen LogP contribution in [-0.4, -0.2) is 15.0 Å². The summed E-state index contributed by atoms with van der Waals surface area (Å²) in [6.45, 7) is 0. The first kappa shape index (κ1) is 24.9. The van der Waals surface area contributed by atoms with Crippen molar-refractivity contribution in [3.63, 3.8) is 0 Å². The summed E-state index contributed by atoms with van der Waals surface area (Å²) in [6, 6.07) is 26.1. The fourth-order valence-corrected chi connectivity index (χ4v) is 6.63. The van der Waals surface area contributed by atoms with Gasteiger partial charge in [0.05, 0.1) is 0 Å². The molecular formula is C39H31N3. The fourth-order valence-electron chi connectivity index (χ4n) is 6.63. The summed E-state index contributed by atoms with van der Waals surface area (Å²) >= 11 is 0. The molecular weight excluding hydrogens is 510 g/mol. The molecule has 0 bridgehead atoms. The van der Waals surface area contributed by atoms with Gasteiger partial charge in [0.25, 0.3) is 0 Å². The van der Waals surface area contributed by atoms with Gasteiger partial charge in [-0.05, 0) is 93.6 Å². The van der Waals surface area contributed by atoms with E-state index in [1.807, 2.05) is 18.2 Å². The molecule has 0 saturated heterocycles. The van der Waals surface area contributed by atoms with E-state index in [1.54, 1.807) is 0 Å². The first-order valence-corrected chi connectivity index (χ1v) is 15.0. The van der Waals surface area contributed by atoms with Crippen molar-refractivity contribution >= 4 is 38.8 Å². The fraction of sp³-hybridized carbons (Fsp3) is 0.154. The lowest BCUT2D eigenvalue weighted by molar-refractivity contribution is 0.754. The van der Waals surface area contributed by atoms with Crippen molar-refractivity contribution in [3.05, 3.63) is 144 Å². The van der Waals surface area contributed by atoms with Crippen molar-refractivity contribution in [1.82, 2.24) is 15.0 Å². The van der Waals surface area contributed by atoms with Crippen molar-refractivity contribution < 1.29 is 0 Å². The lowest BCUT2D eigenvalue weighted by Crippen LogP contribution is -2.10. The van der Waals surface area contributed by atoms with Crippen LogP contribution in [-0.2, 0) is 6.42 Å². The van der Waals surface area contributed by atoms with Gasteiger partial charge in [-0.2, -0.15) is 0 Å². The molecule has 1 aromatic heterocycles. The highest BCUT2D eigenvalue weighted by atomic mass is 15.0. The summed E-state index contributed by atoms with van der Waals surface area (Å²) in [5.74, 6) is 2.54. The van der Waals surface area contributed by atoms with Crippen molar-refractivity contribution in [2.75, 3.05) is 0 Å². The Balaban J connectivity index is 1.23. The van der Waals surface area contributed by atoms with Crippen LogP contribution in [0.2, 0.25) is 0 Å². The maximum atomic E-state index is 5.07. The molecule has 202 valence electrons. The van der Waals surface area contributed by atoms with Crippen molar-refractivity contribution in [3.8, 4) is 11.4 Å². The number of benzene rings is 4. The first-order valence-electron chi connectivity index (χ1n) is 15.0. The third-order valence-corrected chi connectivity index (χ3v) is 8.75. The molecule has 0 saturated carbocycles. The maximum absolute atomic E-state index is 5.07. The van der Waals surface area contributed by atoms with Crippen LogP contribution in [0.25, 0.3) is 50.2 Å². The van der Waals surface area contributed by atoms with E-state index in [0.717, 1.165) is 55.1 Å². The summed E-state index contributed by atoms with van der Waals surface area (Å²) in [4.78, 5) is 15.0. The van der Waals surface area contributed by atoms with E-state index in [4.69, 9.17) is 15.0 Å². The average Bonchev–Trinajstić information content (AvgIpc) is 3.09. The SMILES string of the molecule is C1=CCC(c2nc(C3=CC(c4ccc5c(c4)c4c(c6ccccc65)C=CCC4)=CCC3)nc(-c3ccccc3)n2)C=C1. The molecule has 1 atom stereocenters. The second kappa shape index (κ2) is 10.5. The maximum Gasteiger partial charge on any atom is 0.163 e. The Labute approximate surface area is 246 Å². The molecule has 3 heteroatoms. The Hall–Kier alpha value is -4.89. The zero-order chi connectivity index (χ0) is 27.9. The van der Waals surface area contributed by atoms with Crippen LogP contribution in [0.15, 0.2) is 115 Å². The molecule has 1 heterocycles. The van der Waals surface area contributed by atoms with Crippen LogP contribution in [0.5, 0.6) is 0 Å². The van der Waals surface area contributed by atoms with Crippen molar-refractivity contribution in [2.45, 2.75) is 38.0 Å². The first-order chi connectivity index (χ1) is 20.8. The van der Waals surface area contributed by atoms with E-state index in [9.17, 15) is 0 Å². The molecule has 1 unspecified atom stereocenters. The van der Waals surface area contributed by atoms with E-state index in [0.29, 0.717) is 0 Å². The highest BCUT2D eigenvalue weighted by Gasteiger charge is 2.20. The quantitative estimate of drug-likeness (QED) is 0.213. The number of hydrogen-bond acceptors (Lipinski definition) is 3. The van der Waals surface area contributed by atoms with E-state index >= 15 is 0 Å². The molecule has 8 rings (SSSR count). The standard InChI is InChI=1S/C39H31N3/c1-3-12-26(13-4-1)37-40-38(27-14-5-2-6-15-27)42-39(41-37)30-17-11-16-28(24-30)29-22-23-35-33-20-8-7-18-31(33)32-19-9-10-21-34(32)36(35)25-29/h1-9,12-14,16,18-20,22-25,27H,10-11,15,17,21H2. The molecule has 0 radical (unpaired) electrons. The van der Waals surface area contributed by atoms with Gasteiger partial charge in [-0.1, -0.05) is 109 Å². The van der Waals surface area contributed by atoms with Gasteiger partial charge in [-0.15, -0.1) is 0 Å². The van der Waals surface area contributed by atoms with Crippen LogP contribution < -0.4 is 0 Å². The number of aryl methyl sites for hydroxylation is 1. The zero-order valence-corrected chi connectivity index (χ0v) is 23.5. The van der Waals surface area contributed by atoms with Gasteiger partial charge in [0, 0.05) is 11.5 Å². The second-order valence-corrected chi connectivity index (χ2v) is 11.4. The van der Waals surface area contributed by atoms with Gasteiger partial charge in [-0.25, -0.2) is 15.0 Å². The minimum atomic E-state index is 0.161. The highest BCUT2D eigenvalue weighted by Crippen LogP contribution is 2.39. The zero-order valence-electron chi connectivity index (χ0n) is 23.5. The average molecular weight is 542 g/mol. The second-order valence-electron chi connectivity index (χ2n) is 11.4. The number of rotatable bonds is 4. The number of nitrogens with zero attached hydrogens (tertiary/aromatic N) is 3. The van der Waals surface area contributed by atoms with Gasteiger partial charge < -0.3 is 0 Å². The van der Waals surface area contributed by atoms with Crippen LogP contribution in [0.3, 0.4) is 0 Å². The molecule has 3 nitrogen and oxygen atoms in total. The number of allylic oxidation sites excluding steroid dienone is 9. The molecule has 3 aliphatic carbocycles. The molecule has 0 fully saturated rings. The molecule has 42 heavy (non-hydrogen) atoms. The number of fused-ring (bicyclic) bond motifs is 6. The third-order valence-electron chi connectivity index (χ3n) is 8.75. The molecule has 5 aromatic rings. The normalized spacial score (nSPS) is 17.8. The van der Waals surface area contributed by atoms with Crippen LogP contribution >= 0.6 is 0 Å². The van der Waals surface area contributed by atoms with Gasteiger partial charge in [0.15, 0.2) is 11.6 Å². The Bertz CT molecular complexity index is 2010. The number of hydrogen-bond donors (Lipinski definition) is 0. The highest BCUT2D eigenvalue weighted by molar-refractivity contribution is 6.13. The summed E-state index contributed by atoms with van der Waals surface area (Å²) in [6.07, 6.45) is 22.9. The summed E-state index contributed by atoms with van der Waals surface area (Å²) in [5.41, 5.74) is 7.54. The Morgan fingerprint density at radius 1 is 0.643 bits per heavy atom. The number of aromatic nitrogens is 3. The van der Waals surface area contributed by atoms with Crippen molar-refractivity contribution in [1.29, 1.82) is 0 Å². The molecule has 0 aliphatic heterocycles. The van der Waals surface area contributed by atoms with Crippen LogP contribution in [0.4, 0.5) is 0 Å². The van der Waals surface area contributed by atoms with E-state index in [2.05, 4.69) is 103 Å². The molecule has 3 aliphatic rings. The molecule has 0 amide bonds. The summed E-state index contributed by atoms with van der Waals surface area (Å²) in [5, 5.41) is 5.40. The van der Waals surface area contributed by atoms with Gasteiger partial charge in [0.2, 0.25) is 0 Å². The van der Waals surface area contributed by atoms with Crippen LogP contribution in [0, 0.1) is 0 Å². The smallest absolute Gasteiger partial charge is 0.163 e. The lowest BCUT2D eigenvalue weighted by Gasteiger charge is -2.20. The largest absolute Gasteiger partial charge is 0.213 e. The minimum absolute atomic E-state index is 0.161. The minimum Gasteiger partial charge on any atom is -0.213 e. The van der Waals surface area contributed by atoms with Gasteiger partial charge in [0.1, 0.15) is 5.82 Å². The molecule has 4 aromatic carbocycles. The topological polar surface area (TPSA) is 38.7 Å². The van der Waals surface area contributed by atoms with Crippen LogP contribution in [0.1, 0.15) is 59.9 Å². The van der Waals surface area contributed by atoms with E-state index in [1.165, 1.54) is 49.4 Å². The summed E-state index contributed by atoms with van der Waals surface area (Å²) < 4.78 is 0. The van der Waals surface area contributed by atoms with Gasteiger partial charge in [-0.3, -0.25) is 0 Å². The van der Waals surface area contributed by atoms with E-state index < -0.39 is 0 Å².